The molecule has 0 spiro atoms. The number of hydrogen-bond acceptors (Lipinski definition) is 4. The van der Waals surface area contributed by atoms with Crippen LogP contribution in [0.3, 0.4) is 0 Å². The van der Waals surface area contributed by atoms with Gasteiger partial charge in [-0.2, -0.15) is 9.50 Å². The molecule has 0 bridgehead atoms. The molecular weight excluding hydrogens is 341 g/mol. The molecular formula is C21H20FN5. The zero-order chi connectivity index (χ0) is 19.0. The predicted octanol–water partition coefficient (Wildman–Crippen LogP) is 4.52. The molecule has 2 aromatic heterocycles. The molecule has 4 aromatic rings. The third-order valence-electron chi connectivity index (χ3n) is 4.54. The van der Waals surface area contributed by atoms with E-state index in [1.807, 2.05) is 32.0 Å². The van der Waals surface area contributed by atoms with Crippen molar-refractivity contribution in [3.8, 4) is 0 Å². The van der Waals surface area contributed by atoms with Gasteiger partial charge in [0.1, 0.15) is 11.6 Å². The van der Waals surface area contributed by atoms with Gasteiger partial charge in [-0.3, -0.25) is 0 Å². The first-order valence-corrected chi connectivity index (χ1v) is 8.80. The Bertz CT molecular complexity index is 1130. The average Bonchev–Trinajstić information content (AvgIpc) is 3.01. The highest BCUT2D eigenvalue weighted by molar-refractivity contribution is 5.63. The largest absolute Gasteiger partial charge is 0.340 e. The summed E-state index contributed by atoms with van der Waals surface area (Å²) in [5, 5.41) is 8.06. The van der Waals surface area contributed by atoms with Gasteiger partial charge >= 0.3 is 0 Å². The molecule has 0 aliphatic heterocycles. The van der Waals surface area contributed by atoms with Crippen molar-refractivity contribution in [1.29, 1.82) is 0 Å². The van der Waals surface area contributed by atoms with Gasteiger partial charge in [-0.05, 0) is 56.2 Å². The maximum absolute atomic E-state index is 13.5. The van der Waals surface area contributed by atoms with E-state index in [1.165, 1.54) is 17.7 Å². The van der Waals surface area contributed by atoms with Gasteiger partial charge in [0.2, 0.25) is 0 Å². The van der Waals surface area contributed by atoms with Crippen LogP contribution in [0.4, 0.5) is 15.9 Å². The summed E-state index contributed by atoms with van der Waals surface area (Å²) in [6.07, 6.45) is 0.448. The summed E-state index contributed by atoms with van der Waals surface area (Å²) in [6, 6.07) is 14.6. The van der Waals surface area contributed by atoms with Gasteiger partial charge in [0, 0.05) is 23.4 Å². The van der Waals surface area contributed by atoms with Crippen molar-refractivity contribution in [1.82, 2.24) is 19.6 Å². The summed E-state index contributed by atoms with van der Waals surface area (Å²) in [7, 11) is 0. The Morgan fingerprint density at radius 2 is 1.81 bits per heavy atom. The summed E-state index contributed by atoms with van der Waals surface area (Å²) in [5.41, 5.74) is 4.87. The van der Waals surface area contributed by atoms with Crippen LogP contribution in [-0.2, 0) is 6.42 Å². The van der Waals surface area contributed by atoms with Crippen LogP contribution in [0.25, 0.3) is 5.78 Å². The minimum absolute atomic E-state index is 0.261. The lowest BCUT2D eigenvalue weighted by molar-refractivity contribution is 0.625. The van der Waals surface area contributed by atoms with Gasteiger partial charge in [-0.1, -0.05) is 24.3 Å². The molecule has 2 heterocycles. The van der Waals surface area contributed by atoms with Crippen molar-refractivity contribution in [2.45, 2.75) is 27.2 Å². The van der Waals surface area contributed by atoms with Crippen LogP contribution in [0.2, 0.25) is 0 Å². The quantitative estimate of drug-likeness (QED) is 0.580. The number of aryl methyl sites for hydroxylation is 2. The van der Waals surface area contributed by atoms with Crippen molar-refractivity contribution in [2.75, 3.05) is 5.32 Å². The van der Waals surface area contributed by atoms with Crippen molar-refractivity contribution in [3.05, 3.63) is 82.6 Å². The summed E-state index contributed by atoms with van der Waals surface area (Å²) in [6.45, 7) is 6.02. The Kier molecular flexibility index (Phi) is 4.32. The first kappa shape index (κ1) is 17.1. The number of halogens is 1. The molecule has 5 nitrogen and oxygen atoms in total. The number of aromatic nitrogens is 4. The molecule has 4 rings (SSSR count). The van der Waals surface area contributed by atoms with Gasteiger partial charge in [0.15, 0.2) is 5.82 Å². The van der Waals surface area contributed by atoms with E-state index in [-0.39, 0.29) is 5.82 Å². The smallest absolute Gasteiger partial charge is 0.254 e. The molecule has 6 heteroatoms. The van der Waals surface area contributed by atoms with E-state index in [1.54, 1.807) is 10.6 Å². The summed E-state index contributed by atoms with van der Waals surface area (Å²) >= 11 is 0. The Labute approximate surface area is 156 Å². The lowest BCUT2D eigenvalue weighted by Gasteiger charge is -2.12. The molecule has 2 aromatic carbocycles. The second-order valence-electron chi connectivity index (χ2n) is 6.71. The van der Waals surface area contributed by atoms with E-state index in [0.29, 0.717) is 18.0 Å². The maximum atomic E-state index is 13.5. The molecule has 0 aliphatic carbocycles. The third-order valence-corrected chi connectivity index (χ3v) is 4.54. The van der Waals surface area contributed by atoms with Gasteiger partial charge in [0.25, 0.3) is 5.78 Å². The van der Waals surface area contributed by atoms with Gasteiger partial charge < -0.3 is 5.32 Å². The predicted molar refractivity (Wildman–Crippen MR) is 104 cm³/mol. The van der Waals surface area contributed by atoms with E-state index in [0.717, 1.165) is 28.3 Å². The molecule has 0 aliphatic rings. The number of hydrogen-bond donors (Lipinski definition) is 1. The fourth-order valence-electron chi connectivity index (χ4n) is 3.04. The van der Waals surface area contributed by atoms with E-state index in [9.17, 15) is 4.39 Å². The number of rotatable bonds is 4. The van der Waals surface area contributed by atoms with Crippen LogP contribution in [0.15, 0.2) is 48.5 Å². The zero-order valence-electron chi connectivity index (χ0n) is 15.5. The van der Waals surface area contributed by atoms with Crippen LogP contribution >= 0.6 is 0 Å². The minimum atomic E-state index is -0.261. The Morgan fingerprint density at radius 1 is 1.00 bits per heavy atom. The topological polar surface area (TPSA) is 55.1 Å². The molecule has 0 saturated heterocycles. The van der Waals surface area contributed by atoms with Crippen molar-refractivity contribution < 1.29 is 4.39 Å². The highest BCUT2D eigenvalue weighted by Crippen LogP contribution is 2.24. The van der Waals surface area contributed by atoms with Gasteiger partial charge in [-0.25, -0.2) is 9.37 Å². The summed E-state index contributed by atoms with van der Waals surface area (Å²) in [5.74, 6) is 1.70. The lowest BCUT2D eigenvalue weighted by Crippen LogP contribution is -2.06. The van der Waals surface area contributed by atoms with E-state index in [2.05, 4.69) is 39.4 Å². The number of anilines is 2. The van der Waals surface area contributed by atoms with Crippen molar-refractivity contribution >= 4 is 17.3 Å². The lowest BCUT2D eigenvalue weighted by atomic mass is 10.1. The van der Waals surface area contributed by atoms with E-state index < -0.39 is 0 Å². The normalized spacial score (nSPS) is 11.1. The fraction of sp³-hybridized carbons (Fsp3) is 0.190. The fourth-order valence-corrected chi connectivity index (χ4v) is 3.04. The van der Waals surface area contributed by atoms with Crippen LogP contribution < -0.4 is 5.32 Å². The number of nitrogens with zero attached hydrogens (tertiary/aromatic N) is 4. The number of fused-ring (bicyclic) bond motifs is 1. The summed E-state index contributed by atoms with van der Waals surface area (Å²) in [4.78, 5) is 9.09. The maximum Gasteiger partial charge on any atom is 0.254 e. The molecule has 136 valence electrons. The zero-order valence-corrected chi connectivity index (χ0v) is 15.5. The van der Waals surface area contributed by atoms with E-state index in [4.69, 9.17) is 0 Å². The highest BCUT2D eigenvalue weighted by Gasteiger charge is 2.14. The van der Waals surface area contributed by atoms with Crippen LogP contribution in [-0.4, -0.2) is 19.6 Å². The SMILES string of the molecule is Cc1cccc(Nc2c(C)c(C)nc3nc(Cc4cccc(F)c4)nn23)c1. The monoisotopic (exact) mass is 361 g/mol. The molecule has 0 radical (unpaired) electrons. The van der Waals surface area contributed by atoms with E-state index >= 15 is 0 Å². The molecule has 0 fully saturated rings. The molecule has 0 amide bonds. The highest BCUT2D eigenvalue weighted by atomic mass is 19.1. The molecule has 27 heavy (non-hydrogen) atoms. The molecule has 0 saturated carbocycles. The molecule has 0 unspecified atom stereocenters. The molecule has 0 atom stereocenters. The summed E-state index contributed by atoms with van der Waals surface area (Å²) < 4.78 is 15.2. The Balaban J connectivity index is 1.76. The second kappa shape index (κ2) is 6.79. The van der Waals surface area contributed by atoms with Gasteiger partial charge in [0.05, 0.1) is 0 Å². The number of nitrogens with one attached hydrogen (secondary N) is 1. The first-order valence-electron chi connectivity index (χ1n) is 8.80. The van der Waals surface area contributed by atoms with Crippen LogP contribution in [0.1, 0.15) is 28.2 Å². The van der Waals surface area contributed by atoms with Gasteiger partial charge in [-0.15, -0.1) is 5.10 Å². The second-order valence-corrected chi connectivity index (χ2v) is 6.71. The third kappa shape index (κ3) is 3.51. The van der Waals surface area contributed by atoms with Crippen LogP contribution in [0, 0.1) is 26.6 Å². The Morgan fingerprint density at radius 3 is 2.59 bits per heavy atom. The first-order chi connectivity index (χ1) is 13.0. The van der Waals surface area contributed by atoms with Crippen LogP contribution in [0.5, 0.6) is 0 Å². The standard InChI is InChI=1S/C21H20FN5/c1-13-6-4-9-18(10-13)24-20-14(2)15(3)23-21-25-19(26-27(20)21)12-16-7-5-8-17(22)11-16/h4-11,24H,12H2,1-3H3. The molecule has 1 N–H and O–H groups in total. The van der Waals surface area contributed by atoms with Crippen molar-refractivity contribution in [3.63, 3.8) is 0 Å². The van der Waals surface area contributed by atoms with Crippen molar-refractivity contribution in [2.24, 2.45) is 0 Å². The Hall–Kier alpha value is -3.28. The minimum Gasteiger partial charge on any atom is -0.340 e. The average molecular weight is 361 g/mol. The number of benzene rings is 2.